The van der Waals surface area contributed by atoms with Crippen LogP contribution in [0.25, 0.3) is 23.1 Å². The van der Waals surface area contributed by atoms with Crippen molar-refractivity contribution in [3.8, 4) is 0 Å². The number of aromatic amines is 3. The number of benzene rings is 1. The molecule has 0 saturated carbocycles. The Bertz CT molecular complexity index is 1240. The molecular formula is C18H13N3O2S. The molecule has 1 aromatic carbocycles. The molecular weight excluding hydrogens is 322 g/mol. The summed E-state index contributed by atoms with van der Waals surface area (Å²) in [5.74, 6) is 0. The maximum Gasteiger partial charge on any atom is 0.272 e. The lowest BCUT2D eigenvalue weighted by Crippen LogP contribution is -2.46. The van der Waals surface area contributed by atoms with Crippen LogP contribution in [0.3, 0.4) is 0 Å². The van der Waals surface area contributed by atoms with Gasteiger partial charge in [0.05, 0.1) is 0 Å². The van der Waals surface area contributed by atoms with E-state index in [4.69, 9.17) is 0 Å². The summed E-state index contributed by atoms with van der Waals surface area (Å²) in [6.07, 6.45) is 5.16. The van der Waals surface area contributed by atoms with E-state index in [1.165, 1.54) is 11.3 Å². The van der Waals surface area contributed by atoms with Crippen LogP contribution in [0.15, 0.2) is 57.6 Å². The van der Waals surface area contributed by atoms with Crippen molar-refractivity contribution in [3.05, 3.63) is 89.8 Å². The van der Waals surface area contributed by atoms with Crippen molar-refractivity contribution in [1.29, 1.82) is 0 Å². The average molecular weight is 335 g/mol. The first-order chi connectivity index (χ1) is 11.7. The van der Waals surface area contributed by atoms with Gasteiger partial charge in [-0.3, -0.25) is 9.59 Å². The molecule has 4 rings (SSSR count). The zero-order chi connectivity index (χ0) is 16.5. The summed E-state index contributed by atoms with van der Waals surface area (Å²) in [6.45, 7) is 0. The summed E-state index contributed by atoms with van der Waals surface area (Å²) < 4.78 is 0. The Morgan fingerprint density at radius 1 is 0.875 bits per heavy atom. The average Bonchev–Trinajstić information content (AvgIpc) is 3.22. The maximum atomic E-state index is 12.3. The zero-order valence-electron chi connectivity index (χ0n) is 12.5. The van der Waals surface area contributed by atoms with Gasteiger partial charge in [-0.1, -0.05) is 24.3 Å². The number of aromatic nitrogens is 3. The molecule has 0 aliphatic rings. The van der Waals surface area contributed by atoms with Gasteiger partial charge in [0.25, 0.3) is 11.1 Å². The van der Waals surface area contributed by atoms with Gasteiger partial charge in [-0.2, -0.15) is 0 Å². The fourth-order valence-electron chi connectivity index (χ4n) is 2.58. The lowest BCUT2D eigenvalue weighted by atomic mass is 10.1. The van der Waals surface area contributed by atoms with Gasteiger partial charge in [0.15, 0.2) is 0 Å². The molecule has 24 heavy (non-hydrogen) atoms. The van der Waals surface area contributed by atoms with Crippen molar-refractivity contribution in [3.63, 3.8) is 0 Å². The molecule has 3 heterocycles. The summed E-state index contributed by atoms with van der Waals surface area (Å²) in [5, 5.41) is 3.38. The van der Waals surface area contributed by atoms with Crippen LogP contribution in [0.1, 0.15) is 10.4 Å². The molecule has 6 heteroatoms. The van der Waals surface area contributed by atoms with Gasteiger partial charge in [-0.15, -0.1) is 11.3 Å². The van der Waals surface area contributed by atoms with E-state index in [0.29, 0.717) is 0 Å². The van der Waals surface area contributed by atoms with Crippen LogP contribution >= 0.6 is 11.3 Å². The lowest BCUT2D eigenvalue weighted by Gasteiger charge is -1.92. The number of rotatable bonds is 2. The standard InChI is InChI=1S/C18H13N3O2S/c22-17-15(8-11-10-19-14-6-2-1-5-13(11)14)20-18(23)16(21-17)9-12-4-3-7-24-12/h1-10,19H,(H,20,23)(H,21,22)/b15-8-,16-9-. The molecule has 0 unspecified atom stereocenters. The first-order valence-corrected chi connectivity index (χ1v) is 8.24. The van der Waals surface area contributed by atoms with Gasteiger partial charge in [-0.25, -0.2) is 0 Å². The highest BCUT2D eigenvalue weighted by molar-refractivity contribution is 7.10. The second-order valence-corrected chi connectivity index (χ2v) is 6.31. The molecule has 0 amide bonds. The molecule has 4 aromatic rings. The van der Waals surface area contributed by atoms with Crippen LogP contribution < -0.4 is 21.8 Å². The van der Waals surface area contributed by atoms with E-state index in [1.54, 1.807) is 12.2 Å². The van der Waals surface area contributed by atoms with Gasteiger partial charge < -0.3 is 15.0 Å². The smallest absolute Gasteiger partial charge is 0.272 e. The highest BCUT2D eigenvalue weighted by Gasteiger charge is 2.02. The minimum atomic E-state index is -0.331. The van der Waals surface area contributed by atoms with Crippen LogP contribution in [-0.2, 0) is 0 Å². The van der Waals surface area contributed by atoms with Gasteiger partial charge >= 0.3 is 0 Å². The van der Waals surface area contributed by atoms with E-state index < -0.39 is 0 Å². The van der Waals surface area contributed by atoms with Crippen molar-refractivity contribution in [2.45, 2.75) is 0 Å². The fourth-order valence-corrected chi connectivity index (χ4v) is 3.24. The predicted molar refractivity (Wildman–Crippen MR) is 96.7 cm³/mol. The second kappa shape index (κ2) is 5.82. The Hall–Kier alpha value is -3.12. The van der Waals surface area contributed by atoms with E-state index in [-0.39, 0.29) is 21.8 Å². The normalized spacial score (nSPS) is 13.0. The Morgan fingerprint density at radius 2 is 1.62 bits per heavy atom. The topological polar surface area (TPSA) is 81.5 Å². The molecule has 5 nitrogen and oxygen atoms in total. The monoisotopic (exact) mass is 335 g/mol. The van der Waals surface area contributed by atoms with E-state index >= 15 is 0 Å². The Labute approximate surface area is 139 Å². The minimum Gasteiger partial charge on any atom is -0.361 e. The summed E-state index contributed by atoms with van der Waals surface area (Å²) in [7, 11) is 0. The first kappa shape index (κ1) is 14.5. The van der Waals surface area contributed by atoms with Crippen LogP contribution in [0.4, 0.5) is 0 Å². The third kappa shape index (κ3) is 2.63. The van der Waals surface area contributed by atoms with Crippen LogP contribution in [0.5, 0.6) is 0 Å². The van der Waals surface area contributed by atoms with Gasteiger partial charge in [0.2, 0.25) is 0 Å². The lowest BCUT2D eigenvalue weighted by molar-refractivity contribution is 1.00. The molecule has 0 atom stereocenters. The van der Waals surface area contributed by atoms with Crippen molar-refractivity contribution in [1.82, 2.24) is 15.0 Å². The van der Waals surface area contributed by atoms with Gasteiger partial charge in [0, 0.05) is 27.5 Å². The molecule has 0 saturated heterocycles. The maximum absolute atomic E-state index is 12.3. The third-order valence-electron chi connectivity index (χ3n) is 3.74. The number of thiophene rings is 1. The zero-order valence-corrected chi connectivity index (χ0v) is 13.3. The highest BCUT2D eigenvalue weighted by Crippen LogP contribution is 2.17. The summed E-state index contributed by atoms with van der Waals surface area (Å²) in [6, 6.07) is 11.6. The predicted octanol–water partition coefficient (Wildman–Crippen LogP) is 1.26. The van der Waals surface area contributed by atoms with Crippen molar-refractivity contribution < 1.29 is 0 Å². The molecule has 0 spiro atoms. The molecule has 0 radical (unpaired) electrons. The van der Waals surface area contributed by atoms with Crippen LogP contribution in [0.2, 0.25) is 0 Å². The molecule has 3 N–H and O–H groups in total. The molecule has 0 bridgehead atoms. The molecule has 0 aliphatic heterocycles. The Kier molecular flexibility index (Phi) is 3.51. The Morgan fingerprint density at radius 3 is 2.38 bits per heavy atom. The number of hydrogen-bond donors (Lipinski definition) is 3. The molecule has 0 aliphatic carbocycles. The largest absolute Gasteiger partial charge is 0.361 e. The van der Waals surface area contributed by atoms with Crippen molar-refractivity contribution >= 4 is 34.4 Å². The third-order valence-corrected chi connectivity index (χ3v) is 4.56. The van der Waals surface area contributed by atoms with E-state index in [0.717, 1.165) is 21.3 Å². The van der Waals surface area contributed by atoms with Crippen LogP contribution in [-0.4, -0.2) is 15.0 Å². The summed E-state index contributed by atoms with van der Waals surface area (Å²) in [4.78, 5) is 33.9. The first-order valence-electron chi connectivity index (χ1n) is 7.36. The molecule has 118 valence electrons. The molecule has 3 aromatic heterocycles. The van der Waals surface area contributed by atoms with E-state index in [9.17, 15) is 9.59 Å². The van der Waals surface area contributed by atoms with E-state index in [2.05, 4.69) is 15.0 Å². The highest BCUT2D eigenvalue weighted by atomic mass is 32.1. The van der Waals surface area contributed by atoms with Crippen LogP contribution in [0, 0.1) is 0 Å². The summed E-state index contributed by atoms with van der Waals surface area (Å²) >= 11 is 1.50. The van der Waals surface area contributed by atoms with E-state index in [1.807, 2.05) is 48.0 Å². The quantitative estimate of drug-likeness (QED) is 0.515. The SMILES string of the molecule is O=c1[nH]/c(=C\c2c[nH]c3ccccc23)c(=O)[nH]/c1=C\c1cccs1. The number of para-hydroxylation sites is 1. The summed E-state index contributed by atoms with van der Waals surface area (Å²) in [5.41, 5.74) is 1.17. The van der Waals surface area contributed by atoms with Crippen molar-refractivity contribution in [2.75, 3.05) is 0 Å². The number of nitrogens with one attached hydrogen (secondary N) is 3. The van der Waals surface area contributed by atoms with Gasteiger partial charge in [-0.05, 0) is 29.7 Å². The minimum absolute atomic E-state index is 0.230. The number of hydrogen-bond acceptors (Lipinski definition) is 3. The molecule has 0 fully saturated rings. The number of H-pyrrole nitrogens is 3. The number of fused-ring (bicyclic) bond motifs is 1. The fraction of sp³-hybridized carbons (Fsp3) is 0. The Balaban J connectivity index is 1.90. The van der Waals surface area contributed by atoms with Gasteiger partial charge in [0.1, 0.15) is 10.7 Å². The van der Waals surface area contributed by atoms with Crippen molar-refractivity contribution in [2.24, 2.45) is 0 Å². The second-order valence-electron chi connectivity index (χ2n) is 5.33.